The molecule has 2 rings (SSSR count). The Bertz CT molecular complexity index is 518. The van der Waals surface area contributed by atoms with Gasteiger partial charge in [0, 0.05) is 11.9 Å². The van der Waals surface area contributed by atoms with Gasteiger partial charge in [-0.15, -0.1) is 0 Å². The smallest absolute Gasteiger partial charge is 0.194 e. The van der Waals surface area contributed by atoms with Crippen molar-refractivity contribution in [3.8, 4) is 0 Å². The lowest BCUT2D eigenvalue weighted by Crippen LogP contribution is -1.91. The topological polar surface area (TPSA) is 64.7 Å². The Balaban J connectivity index is 2.27. The lowest BCUT2D eigenvalue weighted by molar-refractivity contribution is 0.928. The van der Waals surface area contributed by atoms with Crippen molar-refractivity contribution in [2.45, 2.75) is 17.1 Å². The molecule has 4 nitrogen and oxygen atoms in total. The van der Waals surface area contributed by atoms with E-state index in [0.29, 0.717) is 20.9 Å². The molecule has 0 saturated heterocycles. The molecule has 0 aliphatic heterocycles. The molecule has 2 aromatic rings. The van der Waals surface area contributed by atoms with Crippen molar-refractivity contribution in [1.82, 2.24) is 15.0 Å². The molecule has 6 heteroatoms. The van der Waals surface area contributed by atoms with Gasteiger partial charge in [0.05, 0.1) is 16.9 Å². The van der Waals surface area contributed by atoms with Crippen LogP contribution in [-0.2, 0) is 0 Å². The molecule has 0 atom stereocenters. The first-order valence-corrected chi connectivity index (χ1v) is 5.73. The van der Waals surface area contributed by atoms with Crippen LogP contribution in [0.3, 0.4) is 0 Å². The minimum Gasteiger partial charge on any atom is -0.397 e. The summed E-state index contributed by atoms with van der Waals surface area (Å²) in [6.45, 7) is 1.91. The second-order valence-electron chi connectivity index (χ2n) is 3.14. The van der Waals surface area contributed by atoms with Crippen molar-refractivity contribution in [3.05, 3.63) is 35.2 Å². The summed E-state index contributed by atoms with van der Waals surface area (Å²) in [5.41, 5.74) is 7.01. The largest absolute Gasteiger partial charge is 0.397 e. The summed E-state index contributed by atoms with van der Waals surface area (Å²) in [5, 5.41) is 1.79. The van der Waals surface area contributed by atoms with Gasteiger partial charge in [-0.05, 0) is 30.8 Å². The predicted octanol–water partition coefficient (Wildman–Crippen LogP) is 2.57. The number of aryl methyl sites for hydroxylation is 1. The summed E-state index contributed by atoms with van der Waals surface area (Å²) in [6, 6.07) is 3.49. The first-order valence-electron chi connectivity index (χ1n) is 4.53. The van der Waals surface area contributed by atoms with Crippen LogP contribution in [0.2, 0.25) is 5.02 Å². The number of aromatic nitrogens is 3. The number of nitrogens with two attached hydrogens (primary N) is 1. The summed E-state index contributed by atoms with van der Waals surface area (Å²) in [6.07, 6.45) is 3.26. The molecular weight excluding hydrogens is 244 g/mol. The maximum Gasteiger partial charge on any atom is 0.194 e. The SMILES string of the molecule is Cc1ccnc(Sc2ncc(N)cc2Cl)n1. The third-order valence-corrected chi connectivity index (χ3v) is 3.09. The Morgan fingerprint density at radius 2 is 2.19 bits per heavy atom. The van der Waals surface area contributed by atoms with E-state index in [9.17, 15) is 0 Å². The number of anilines is 1. The van der Waals surface area contributed by atoms with Gasteiger partial charge in [-0.2, -0.15) is 0 Å². The quantitative estimate of drug-likeness (QED) is 0.833. The molecule has 16 heavy (non-hydrogen) atoms. The number of hydrogen-bond donors (Lipinski definition) is 1. The summed E-state index contributed by atoms with van der Waals surface area (Å²) >= 11 is 7.32. The first-order chi connectivity index (χ1) is 7.65. The minimum absolute atomic E-state index is 0.509. The van der Waals surface area contributed by atoms with Crippen LogP contribution in [0.1, 0.15) is 5.69 Å². The van der Waals surface area contributed by atoms with Gasteiger partial charge in [-0.25, -0.2) is 15.0 Å². The van der Waals surface area contributed by atoms with Gasteiger partial charge in [0.1, 0.15) is 5.03 Å². The van der Waals surface area contributed by atoms with Crippen LogP contribution in [0.25, 0.3) is 0 Å². The highest BCUT2D eigenvalue weighted by molar-refractivity contribution is 7.99. The molecule has 2 N–H and O–H groups in total. The second kappa shape index (κ2) is 4.67. The number of halogens is 1. The van der Waals surface area contributed by atoms with Crippen molar-refractivity contribution in [2.75, 3.05) is 5.73 Å². The maximum absolute atomic E-state index is 6.00. The first kappa shape index (κ1) is 11.2. The molecular formula is C10H9ClN4S. The molecule has 0 aliphatic rings. The van der Waals surface area contributed by atoms with Crippen molar-refractivity contribution in [2.24, 2.45) is 0 Å². The number of hydrogen-bond acceptors (Lipinski definition) is 5. The van der Waals surface area contributed by atoms with E-state index in [1.165, 1.54) is 11.8 Å². The molecule has 2 aromatic heterocycles. The normalized spacial score (nSPS) is 10.4. The molecule has 2 heterocycles. The molecule has 0 aliphatic carbocycles. The Morgan fingerprint density at radius 1 is 1.38 bits per heavy atom. The summed E-state index contributed by atoms with van der Waals surface area (Å²) in [7, 11) is 0. The van der Waals surface area contributed by atoms with Gasteiger partial charge in [0.2, 0.25) is 0 Å². The van der Waals surface area contributed by atoms with Gasteiger partial charge < -0.3 is 5.73 Å². The van der Waals surface area contributed by atoms with Crippen molar-refractivity contribution >= 4 is 29.1 Å². The average molecular weight is 253 g/mol. The van der Waals surface area contributed by atoms with E-state index in [0.717, 1.165) is 5.69 Å². The molecule has 0 fully saturated rings. The predicted molar refractivity (Wildman–Crippen MR) is 64.6 cm³/mol. The monoisotopic (exact) mass is 252 g/mol. The zero-order valence-corrected chi connectivity index (χ0v) is 10.1. The highest BCUT2D eigenvalue weighted by Gasteiger charge is 2.06. The van der Waals surface area contributed by atoms with Crippen molar-refractivity contribution in [1.29, 1.82) is 0 Å². The third kappa shape index (κ3) is 2.62. The van der Waals surface area contributed by atoms with E-state index in [1.54, 1.807) is 18.5 Å². The number of rotatable bonds is 2. The molecule has 0 amide bonds. The van der Waals surface area contributed by atoms with Crippen LogP contribution in [0.15, 0.2) is 34.7 Å². The zero-order valence-electron chi connectivity index (χ0n) is 8.51. The highest BCUT2D eigenvalue weighted by Crippen LogP contribution is 2.30. The molecule has 0 saturated carbocycles. The fourth-order valence-corrected chi connectivity index (χ4v) is 2.11. The van der Waals surface area contributed by atoms with Crippen molar-refractivity contribution < 1.29 is 0 Å². The Hall–Kier alpha value is -1.33. The van der Waals surface area contributed by atoms with E-state index in [1.807, 2.05) is 13.0 Å². The summed E-state index contributed by atoms with van der Waals surface area (Å²) < 4.78 is 0. The lowest BCUT2D eigenvalue weighted by Gasteiger charge is -2.02. The fraction of sp³-hybridized carbons (Fsp3) is 0.100. The summed E-state index contributed by atoms with van der Waals surface area (Å²) in [4.78, 5) is 12.5. The van der Waals surface area contributed by atoms with Gasteiger partial charge in [-0.3, -0.25) is 0 Å². The van der Waals surface area contributed by atoms with E-state index >= 15 is 0 Å². The Kier molecular flexibility index (Phi) is 3.26. The van der Waals surface area contributed by atoms with Gasteiger partial charge >= 0.3 is 0 Å². The second-order valence-corrected chi connectivity index (χ2v) is 4.50. The minimum atomic E-state index is 0.509. The van der Waals surface area contributed by atoms with Crippen LogP contribution >= 0.6 is 23.4 Å². The van der Waals surface area contributed by atoms with E-state index in [-0.39, 0.29) is 0 Å². The van der Waals surface area contributed by atoms with E-state index < -0.39 is 0 Å². The Labute approximate surface area is 102 Å². The molecule has 0 radical (unpaired) electrons. The highest BCUT2D eigenvalue weighted by atomic mass is 35.5. The third-order valence-electron chi connectivity index (χ3n) is 1.79. The van der Waals surface area contributed by atoms with E-state index in [4.69, 9.17) is 17.3 Å². The number of nitrogen functional groups attached to an aromatic ring is 1. The number of pyridine rings is 1. The molecule has 0 spiro atoms. The lowest BCUT2D eigenvalue weighted by atomic mass is 10.4. The molecule has 82 valence electrons. The van der Waals surface area contributed by atoms with Crippen LogP contribution < -0.4 is 5.73 Å². The standard InChI is InChI=1S/C10H9ClN4S/c1-6-2-3-13-10(15-6)16-9-8(11)4-7(12)5-14-9/h2-5H,12H2,1H3. The molecule has 0 aromatic carbocycles. The zero-order chi connectivity index (χ0) is 11.5. The van der Waals surface area contributed by atoms with Crippen LogP contribution in [-0.4, -0.2) is 15.0 Å². The van der Waals surface area contributed by atoms with Gasteiger partial charge in [-0.1, -0.05) is 11.6 Å². The number of nitrogens with zero attached hydrogens (tertiary/aromatic N) is 3. The Morgan fingerprint density at radius 3 is 2.88 bits per heavy atom. The van der Waals surface area contributed by atoms with E-state index in [2.05, 4.69) is 15.0 Å². The van der Waals surface area contributed by atoms with Gasteiger partial charge in [0.25, 0.3) is 0 Å². The fourth-order valence-electron chi connectivity index (χ4n) is 1.08. The van der Waals surface area contributed by atoms with Crippen LogP contribution in [0, 0.1) is 6.92 Å². The van der Waals surface area contributed by atoms with Crippen LogP contribution in [0.4, 0.5) is 5.69 Å². The van der Waals surface area contributed by atoms with Gasteiger partial charge in [0.15, 0.2) is 5.16 Å². The average Bonchev–Trinajstić information content (AvgIpc) is 2.22. The molecule has 0 unspecified atom stereocenters. The van der Waals surface area contributed by atoms with Crippen LogP contribution in [0.5, 0.6) is 0 Å². The van der Waals surface area contributed by atoms with Crippen molar-refractivity contribution in [3.63, 3.8) is 0 Å². The summed E-state index contributed by atoms with van der Waals surface area (Å²) in [5.74, 6) is 0. The maximum atomic E-state index is 6.00. The molecule has 0 bridgehead atoms.